The summed E-state index contributed by atoms with van der Waals surface area (Å²) in [7, 11) is 0. The second-order valence-electron chi connectivity index (χ2n) is 6.31. The van der Waals surface area contributed by atoms with E-state index in [0.717, 1.165) is 11.1 Å². The van der Waals surface area contributed by atoms with Crippen molar-refractivity contribution in [2.45, 2.75) is 27.7 Å². The van der Waals surface area contributed by atoms with Crippen molar-refractivity contribution < 1.29 is 9.59 Å². The van der Waals surface area contributed by atoms with E-state index in [4.69, 9.17) is 11.6 Å². The Morgan fingerprint density at radius 2 is 1.54 bits per heavy atom. The van der Waals surface area contributed by atoms with Gasteiger partial charge in [-0.15, -0.1) is 0 Å². The lowest BCUT2D eigenvalue weighted by Crippen LogP contribution is -2.41. The number of anilines is 2. The van der Waals surface area contributed by atoms with Crippen molar-refractivity contribution in [3.8, 4) is 0 Å². The second-order valence-corrected chi connectivity index (χ2v) is 6.72. The van der Waals surface area contributed by atoms with Crippen LogP contribution in [0.1, 0.15) is 25.0 Å². The summed E-state index contributed by atoms with van der Waals surface area (Å²) in [6.07, 6.45) is 0. The predicted octanol–water partition coefficient (Wildman–Crippen LogP) is 4.56. The van der Waals surface area contributed by atoms with Crippen LogP contribution in [0.2, 0.25) is 5.02 Å². The molecule has 2 aromatic rings. The average molecular weight is 345 g/mol. The molecular formula is C19H21ClN2O2. The largest absolute Gasteiger partial charge is 0.325 e. The van der Waals surface area contributed by atoms with Gasteiger partial charge >= 0.3 is 0 Å². The van der Waals surface area contributed by atoms with Crippen LogP contribution >= 0.6 is 11.6 Å². The first-order valence-corrected chi connectivity index (χ1v) is 8.04. The van der Waals surface area contributed by atoms with Crippen molar-refractivity contribution >= 4 is 34.8 Å². The summed E-state index contributed by atoms with van der Waals surface area (Å²) in [6, 6.07) is 12.6. The maximum Gasteiger partial charge on any atom is 0.239 e. The van der Waals surface area contributed by atoms with Gasteiger partial charge in [0.1, 0.15) is 5.41 Å². The monoisotopic (exact) mass is 344 g/mol. The van der Waals surface area contributed by atoms with Gasteiger partial charge in [0.05, 0.1) is 10.7 Å². The lowest BCUT2D eigenvalue weighted by molar-refractivity contribution is -0.135. The Labute approximate surface area is 147 Å². The van der Waals surface area contributed by atoms with Crippen LogP contribution in [0, 0.1) is 19.3 Å². The third-order valence-electron chi connectivity index (χ3n) is 4.02. The highest BCUT2D eigenvalue weighted by molar-refractivity contribution is 6.34. The fraction of sp³-hybridized carbons (Fsp3) is 0.263. The molecule has 2 N–H and O–H groups in total. The minimum absolute atomic E-state index is 0.379. The summed E-state index contributed by atoms with van der Waals surface area (Å²) < 4.78 is 0. The Kier molecular flexibility index (Phi) is 5.30. The summed E-state index contributed by atoms with van der Waals surface area (Å²) in [4.78, 5) is 25.1. The van der Waals surface area contributed by atoms with E-state index < -0.39 is 11.3 Å². The summed E-state index contributed by atoms with van der Waals surface area (Å²) in [6.45, 7) is 7.13. The average Bonchev–Trinajstić information content (AvgIpc) is 2.53. The molecule has 0 aliphatic heterocycles. The molecule has 2 amide bonds. The summed E-state index contributed by atoms with van der Waals surface area (Å²) in [5.74, 6) is -0.799. The minimum Gasteiger partial charge on any atom is -0.325 e. The SMILES string of the molecule is Cc1ccc(NC(=O)C(C)(C)C(=O)Nc2ccccc2Cl)cc1C. The number of halogens is 1. The molecule has 0 heterocycles. The molecule has 0 aliphatic rings. The summed E-state index contributed by atoms with van der Waals surface area (Å²) >= 11 is 6.04. The van der Waals surface area contributed by atoms with Gasteiger partial charge in [-0.2, -0.15) is 0 Å². The van der Waals surface area contributed by atoms with E-state index in [9.17, 15) is 9.59 Å². The van der Waals surface area contributed by atoms with Gasteiger partial charge in [-0.1, -0.05) is 29.8 Å². The number of carbonyl (C=O) groups is 2. The smallest absolute Gasteiger partial charge is 0.239 e. The molecule has 0 saturated heterocycles. The fourth-order valence-electron chi connectivity index (χ4n) is 2.05. The Morgan fingerprint density at radius 3 is 2.17 bits per heavy atom. The van der Waals surface area contributed by atoms with Crippen LogP contribution in [0.5, 0.6) is 0 Å². The number of carbonyl (C=O) groups excluding carboxylic acids is 2. The Balaban J connectivity index is 2.13. The third-order valence-corrected chi connectivity index (χ3v) is 4.35. The van der Waals surface area contributed by atoms with Gasteiger partial charge in [0, 0.05) is 5.69 Å². The maximum atomic E-state index is 12.5. The lowest BCUT2D eigenvalue weighted by atomic mass is 9.90. The molecular weight excluding hydrogens is 324 g/mol. The zero-order chi connectivity index (χ0) is 17.9. The van der Waals surface area contributed by atoms with Gasteiger partial charge in [0.2, 0.25) is 11.8 Å². The molecule has 0 fully saturated rings. The standard InChI is InChI=1S/C19H21ClN2O2/c1-12-9-10-14(11-13(12)2)21-17(23)19(3,4)18(24)22-16-8-6-5-7-15(16)20/h5-11H,1-4H3,(H,21,23)(H,22,24). The van der Waals surface area contributed by atoms with Crippen molar-refractivity contribution in [3.05, 3.63) is 58.6 Å². The third kappa shape index (κ3) is 3.95. The molecule has 126 valence electrons. The van der Waals surface area contributed by atoms with Crippen molar-refractivity contribution in [1.82, 2.24) is 0 Å². The van der Waals surface area contributed by atoms with Crippen LogP contribution in [-0.2, 0) is 9.59 Å². The highest BCUT2D eigenvalue weighted by Gasteiger charge is 2.36. The van der Waals surface area contributed by atoms with Crippen LogP contribution in [0.3, 0.4) is 0 Å². The van der Waals surface area contributed by atoms with Crippen molar-refractivity contribution in [2.75, 3.05) is 10.6 Å². The lowest BCUT2D eigenvalue weighted by Gasteiger charge is -2.23. The van der Waals surface area contributed by atoms with Gasteiger partial charge in [0.15, 0.2) is 0 Å². The molecule has 4 nitrogen and oxygen atoms in total. The fourth-order valence-corrected chi connectivity index (χ4v) is 2.23. The zero-order valence-corrected chi connectivity index (χ0v) is 15.0. The molecule has 2 aromatic carbocycles. The van der Waals surface area contributed by atoms with Crippen molar-refractivity contribution in [1.29, 1.82) is 0 Å². The molecule has 2 rings (SSSR count). The van der Waals surface area contributed by atoms with Crippen molar-refractivity contribution in [3.63, 3.8) is 0 Å². The quantitative estimate of drug-likeness (QED) is 0.799. The zero-order valence-electron chi connectivity index (χ0n) is 14.2. The Morgan fingerprint density at radius 1 is 0.917 bits per heavy atom. The molecule has 5 heteroatoms. The van der Waals surface area contributed by atoms with Crippen LogP contribution < -0.4 is 10.6 Å². The van der Waals surface area contributed by atoms with E-state index in [1.165, 1.54) is 0 Å². The summed E-state index contributed by atoms with van der Waals surface area (Å²) in [5.41, 5.74) is 2.12. The number of hydrogen-bond donors (Lipinski definition) is 2. The van der Waals surface area contributed by atoms with Gasteiger partial charge in [-0.05, 0) is 63.1 Å². The van der Waals surface area contributed by atoms with Gasteiger partial charge < -0.3 is 10.6 Å². The molecule has 0 radical (unpaired) electrons. The Bertz CT molecular complexity index is 785. The molecule has 0 saturated carbocycles. The number of nitrogens with one attached hydrogen (secondary N) is 2. The minimum atomic E-state index is -1.25. The van der Waals surface area contributed by atoms with E-state index in [0.29, 0.717) is 16.4 Å². The molecule has 0 bridgehead atoms. The van der Waals surface area contributed by atoms with Crippen LogP contribution in [-0.4, -0.2) is 11.8 Å². The van der Waals surface area contributed by atoms with Gasteiger partial charge in [-0.3, -0.25) is 9.59 Å². The highest BCUT2D eigenvalue weighted by Crippen LogP contribution is 2.26. The van der Waals surface area contributed by atoms with Crippen molar-refractivity contribution in [2.24, 2.45) is 5.41 Å². The van der Waals surface area contributed by atoms with E-state index in [1.807, 2.05) is 32.0 Å². The molecule has 0 aromatic heterocycles. The molecule has 24 heavy (non-hydrogen) atoms. The molecule has 0 aliphatic carbocycles. The topological polar surface area (TPSA) is 58.2 Å². The van der Waals surface area contributed by atoms with Crippen LogP contribution in [0.4, 0.5) is 11.4 Å². The number of benzene rings is 2. The predicted molar refractivity (Wildman–Crippen MR) is 98.4 cm³/mol. The van der Waals surface area contributed by atoms with E-state index in [1.54, 1.807) is 38.1 Å². The number of aryl methyl sites for hydroxylation is 2. The number of hydrogen-bond acceptors (Lipinski definition) is 2. The first kappa shape index (κ1) is 18.0. The number of amides is 2. The van der Waals surface area contributed by atoms with Crippen LogP contribution in [0.15, 0.2) is 42.5 Å². The summed E-state index contributed by atoms with van der Waals surface area (Å²) in [5, 5.41) is 5.93. The first-order chi connectivity index (χ1) is 11.2. The first-order valence-electron chi connectivity index (χ1n) is 7.66. The van der Waals surface area contributed by atoms with Gasteiger partial charge in [0.25, 0.3) is 0 Å². The maximum absolute atomic E-state index is 12.5. The number of rotatable bonds is 4. The second kappa shape index (κ2) is 7.05. The molecule has 0 unspecified atom stereocenters. The Hall–Kier alpha value is -2.33. The van der Waals surface area contributed by atoms with Crippen LogP contribution in [0.25, 0.3) is 0 Å². The number of para-hydroxylation sites is 1. The highest BCUT2D eigenvalue weighted by atomic mass is 35.5. The van der Waals surface area contributed by atoms with E-state index in [-0.39, 0.29) is 5.91 Å². The van der Waals surface area contributed by atoms with Gasteiger partial charge in [-0.25, -0.2) is 0 Å². The normalized spacial score (nSPS) is 11.0. The molecule has 0 atom stereocenters. The molecule has 0 spiro atoms. The van der Waals surface area contributed by atoms with E-state index in [2.05, 4.69) is 10.6 Å². The van der Waals surface area contributed by atoms with E-state index >= 15 is 0 Å².